The lowest BCUT2D eigenvalue weighted by atomic mass is 10.2. The van der Waals surface area contributed by atoms with Gasteiger partial charge in [0.25, 0.3) is 0 Å². The molecule has 0 rings (SSSR count). The zero-order chi connectivity index (χ0) is 8.15. The van der Waals surface area contributed by atoms with Gasteiger partial charge in [-0.15, -0.1) is 0 Å². The molecule has 0 radical (unpaired) electrons. The van der Waals surface area contributed by atoms with Crippen LogP contribution in [0, 0.1) is 0 Å². The fourth-order valence-electron chi connectivity index (χ4n) is 1.07. The lowest BCUT2D eigenvalue weighted by Gasteiger charge is -2.25. The molecule has 0 aliphatic rings. The summed E-state index contributed by atoms with van der Waals surface area (Å²) in [5, 5.41) is 0. The van der Waals surface area contributed by atoms with E-state index in [9.17, 15) is 4.79 Å². The molecule has 0 bridgehead atoms. The normalized spacial score (nSPS) is 12.8. The van der Waals surface area contributed by atoms with Crippen LogP contribution in [-0.2, 0) is 4.79 Å². The van der Waals surface area contributed by atoms with Gasteiger partial charge in [-0.3, -0.25) is 4.79 Å². The van der Waals surface area contributed by atoms with E-state index >= 15 is 0 Å². The van der Waals surface area contributed by atoms with Crippen molar-refractivity contribution in [3.8, 4) is 0 Å². The summed E-state index contributed by atoms with van der Waals surface area (Å²) in [6.07, 6.45) is 1.04. The lowest BCUT2D eigenvalue weighted by molar-refractivity contribution is -0.130. The van der Waals surface area contributed by atoms with Gasteiger partial charge in [-0.2, -0.15) is 0 Å². The summed E-state index contributed by atoms with van der Waals surface area (Å²) in [6, 6.07) is 0.391. The molecule has 0 aliphatic carbocycles. The van der Waals surface area contributed by atoms with Crippen LogP contribution in [0.5, 0.6) is 0 Å². The van der Waals surface area contributed by atoms with Crippen LogP contribution in [0.3, 0.4) is 0 Å². The largest absolute Gasteiger partial charge is 0.341 e. The highest BCUT2D eigenvalue weighted by atomic mass is 16.2. The second-order valence-corrected chi connectivity index (χ2v) is 2.56. The summed E-state index contributed by atoms with van der Waals surface area (Å²) in [7, 11) is 0. The van der Waals surface area contributed by atoms with E-state index in [-0.39, 0.29) is 5.91 Å². The van der Waals surface area contributed by atoms with Crippen molar-refractivity contribution in [3.05, 3.63) is 0 Å². The van der Waals surface area contributed by atoms with Crippen LogP contribution >= 0.6 is 0 Å². The number of carbonyl (C=O) groups is 1. The van der Waals surface area contributed by atoms with Gasteiger partial charge in [0.05, 0.1) is 0 Å². The Hall–Kier alpha value is -0.530. The average molecular weight is 143 g/mol. The van der Waals surface area contributed by atoms with Crippen LogP contribution < -0.4 is 0 Å². The molecule has 1 amide bonds. The minimum Gasteiger partial charge on any atom is -0.341 e. The van der Waals surface area contributed by atoms with Crippen LogP contribution in [0.4, 0.5) is 0 Å². The van der Waals surface area contributed by atoms with Gasteiger partial charge in [0.15, 0.2) is 0 Å². The van der Waals surface area contributed by atoms with Crippen molar-refractivity contribution in [3.63, 3.8) is 0 Å². The molecule has 1 atom stereocenters. The van der Waals surface area contributed by atoms with Gasteiger partial charge in [-0.05, 0) is 20.3 Å². The summed E-state index contributed by atoms with van der Waals surface area (Å²) in [5.74, 6) is 0.178. The number of amides is 1. The summed E-state index contributed by atoms with van der Waals surface area (Å²) >= 11 is 0. The molecule has 0 N–H and O–H groups in total. The quantitative estimate of drug-likeness (QED) is 0.588. The summed E-state index contributed by atoms with van der Waals surface area (Å²) in [4.78, 5) is 12.8. The molecule has 10 heavy (non-hydrogen) atoms. The Labute approximate surface area is 63.2 Å². The minimum atomic E-state index is 0.178. The monoisotopic (exact) mass is 143 g/mol. The third-order valence-corrected chi connectivity index (χ3v) is 1.87. The Morgan fingerprint density at radius 3 is 2.10 bits per heavy atom. The topological polar surface area (TPSA) is 20.3 Å². The van der Waals surface area contributed by atoms with E-state index < -0.39 is 0 Å². The Bertz CT molecular complexity index is 112. The number of hydrogen-bond acceptors (Lipinski definition) is 1. The first-order valence-corrected chi connectivity index (χ1v) is 3.90. The fourth-order valence-corrected chi connectivity index (χ4v) is 1.07. The molecule has 0 heterocycles. The smallest absolute Gasteiger partial charge is 0.219 e. The van der Waals surface area contributed by atoms with Gasteiger partial charge in [0.1, 0.15) is 0 Å². The van der Waals surface area contributed by atoms with Gasteiger partial charge < -0.3 is 4.90 Å². The first-order chi connectivity index (χ1) is 4.63. The van der Waals surface area contributed by atoms with E-state index in [1.807, 2.05) is 11.8 Å². The maximum absolute atomic E-state index is 10.9. The first kappa shape index (κ1) is 9.47. The second kappa shape index (κ2) is 4.31. The van der Waals surface area contributed by atoms with Crippen LogP contribution in [0.1, 0.15) is 34.1 Å². The maximum Gasteiger partial charge on any atom is 0.219 e. The van der Waals surface area contributed by atoms with Crippen molar-refractivity contribution in [1.29, 1.82) is 0 Å². The molecular formula is C8H17NO. The van der Waals surface area contributed by atoms with Gasteiger partial charge in [-0.25, -0.2) is 0 Å². The van der Waals surface area contributed by atoms with Crippen LogP contribution in [0.15, 0.2) is 0 Å². The van der Waals surface area contributed by atoms with Crippen LogP contribution in [-0.4, -0.2) is 23.4 Å². The minimum absolute atomic E-state index is 0.178. The molecule has 0 fully saturated rings. The number of hydrogen-bond donors (Lipinski definition) is 0. The van der Waals surface area contributed by atoms with Gasteiger partial charge in [-0.1, -0.05) is 6.92 Å². The molecule has 2 heteroatoms. The maximum atomic E-state index is 10.9. The van der Waals surface area contributed by atoms with Gasteiger partial charge >= 0.3 is 0 Å². The zero-order valence-electron chi connectivity index (χ0n) is 7.35. The highest BCUT2D eigenvalue weighted by Gasteiger charge is 2.11. The standard InChI is InChI=1S/C8H17NO/c1-5-7(3)9(6-2)8(4)10/h7H,5-6H2,1-4H3. The van der Waals surface area contributed by atoms with E-state index in [0.29, 0.717) is 6.04 Å². The third kappa shape index (κ3) is 2.38. The Kier molecular flexibility index (Phi) is 4.08. The van der Waals surface area contributed by atoms with Crippen molar-refractivity contribution in [1.82, 2.24) is 4.90 Å². The predicted octanol–water partition coefficient (Wildman–Crippen LogP) is 1.65. The predicted molar refractivity (Wildman–Crippen MR) is 42.8 cm³/mol. The first-order valence-electron chi connectivity index (χ1n) is 3.90. The molecule has 60 valence electrons. The molecule has 0 aromatic carbocycles. The van der Waals surface area contributed by atoms with E-state index in [2.05, 4.69) is 13.8 Å². The summed E-state index contributed by atoms with van der Waals surface area (Å²) < 4.78 is 0. The molecular weight excluding hydrogens is 126 g/mol. The number of nitrogens with zero attached hydrogens (tertiary/aromatic N) is 1. The van der Waals surface area contributed by atoms with Crippen molar-refractivity contribution in [2.45, 2.75) is 40.2 Å². The van der Waals surface area contributed by atoms with E-state index in [4.69, 9.17) is 0 Å². The van der Waals surface area contributed by atoms with Crippen molar-refractivity contribution < 1.29 is 4.79 Å². The van der Waals surface area contributed by atoms with Gasteiger partial charge in [0.2, 0.25) is 5.91 Å². The van der Waals surface area contributed by atoms with E-state index in [1.54, 1.807) is 6.92 Å². The molecule has 0 aliphatic heterocycles. The molecule has 0 aromatic rings. The zero-order valence-corrected chi connectivity index (χ0v) is 7.35. The molecule has 0 saturated heterocycles. The molecule has 0 spiro atoms. The molecule has 1 unspecified atom stereocenters. The SMILES string of the molecule is CCC(C)N(CC)C(C)=O. The van der Waals surface area contributed by atoms with Crippen molar-refractivity contribution >= 4 is 5.91 Å². The Morgan fingerprint density at radius 1 is 1.50 bits per heavy atom. The number of rotatable bonds is 3. The van der Waals surface area contributed by atoms with Crippen molar-refractivity contribution in [2.75, 3.05) is 6.54 Å². The fraction of sp³-hybridized carbons (Fsp3) is 0.875. The summed E-state index contributed by atoms with van der Waals surface area (Å²) in [6.45, 7) is 8.62. The molecule has 2 nitrogen and oxygen atoms in total. The van der Waals surface area contributed by atoms with Crippen molar-refractivity contribution in [2.24, 2.45) is 0 Å². The lowest BCUT2D eigenvalue weighted by Crippen LogP contribution is -2.36. The Balaban J connectivity index is 3.92. The molecule has 0 aromatic heterocycles. The number of carbonyl (C=O) groups excluding carboxylic acids is 1. The van der Waals surface area contributed by atoms with E-state index in [0.717, 1.165) is 13.0 Å². The summed E-state index contributed by atoms with van der Waals surface area (Å²) in [5.41, 5.74) is 0. The highest BCUT2D eigenvalue weighted by Crippen LogP contribution is 2.02. The average Bonchev–Trinajstić information content (AvgIpc) is 1.88. The van der Waals surface area contributed by atoms with Crippen LogP contribution in [0.25, 0.3) is 0 Å². The third-order valence-electron chi connectivity index (χ3n) is 1.87. The molecule has 0 saturated carbocycles. The van der Waals surface area contributed by atoms with E-state index in [1.165, 1.54) is 0 Å². The Morgan fingerprint density at radius 2 is 2.00 bits per heavy atom. The van der Waals surface area contributed by atoms with Crippen LogP contribution in [0.2, 0.25) is 0 Å². The second-order valence-electron chi connectivity index (χ2n) is 2.56. The van der Waals surface area contributed by atoms with Gasteiger partial charge in [0, 0.05) is 19.5 Å². The highest BCUT2D eigenvalue weighted by molar-refractivity contribution is 5.73.